The third kappa shape index (κ3) is 3.34. The molecule has 0 saturated carbocycles. The molecule has 2 heterocycles. The van der Waals surface area contributed by atoms with Gasteiger partial charge in [0, 0.05) is 18.3 Å². The highest BCUT2D eigenvalue weighted by Gasteiger charge is 2.12. The Hall–Kier alpha value is -2.93. The van der Waals surface area contributed by atoms with Gasteiger partial charge in [0.15, 0.2) is 17.2 Å². The zero-order valence-electron chi connectivity index (χ0n) is 12.0. The molecule has 0 saturated heterocycles. The minimum atomic E-state index is 0.120. The van der Waals surface area contributed by atoms with Crippen LogP contribution in [0.15, 0.2) is 12.4 Å². The summed E-state index contributed by atoms with van der Waals surface area (Å²) in [4.78, 5) is 12.7. The third-order valence-corrected chi connectivity index (χ3v) is 2.82. The fourth-order valence-electron chi connectivity index (χ4n) is 1.90. The highest BCUT2D eigenvalue weighted by atomic mass is 15.1. The fourth-order valence-corrected chi connectivity index (χ4v) is 1.90. The summed E-state index contributed by atoms with van der Waals surface area (Å²) in [6, 6.07) is 5.76. The molecular formula is C14H15N7. The molecule has 7 nitrogen and oxygen atoms in total. The van der Waals surface area contributed by atoms with Crippen LogP contribution in [-0.2, 0) is 6.54 Å². The first-order valence-corrected chi connectivity index (χ1v) is 6.61. The van der Waals surface area contributed by atoms with Crippen LogP contribution in [-0.4, -0.2) is 26.1 Å². The Labute approximate surface area is 122 Å². The van der Waals surface area contributed by atoms with Crippen molar-refractivity contribution in [2.75, 3.05) is 11.9 Å². The van der Waals surface area contributed by atoms with Crippen LogP contribution in [0, 0.1) is 29.6 Å². The maximum absolute atomic E-state index is 9.11. The summed E-state index contributed by atoms with van der Waals surface area (Å²) in [5.41, 5.74) is 1.19. The van der Waals surface area contributed by atoms with Crippen molar-refractivity contribution in [2.45, 2.75) is 26.8 Å². The predicted molar refractivity (Wildman–Crippen MR) is 76.3 cm³/mol. The maximum Gasteiger partial charge on any atom is 0.176 e. The van der Waals surface area contributed by atoms with E-state index in [0.29, 0.717) is 12.4 Å². The lowest BCUT2D eigenvalue weighted by atomic mass is 10.3. The molecule has 0 spiro atoms. The van der Waals surface area contributed by atoms with E-state index in [9.17, 15) is 0 Å². The quantitative estimate of drug-likeness (QED) is 0.892. The Morgan fingerprint density at radius 2 is 2.10 bits per heavy atom. The van der Waals surface area contributed by atoms with Crippen LogP contribution in [0.25, 0.3) is 0 Å². The number of aryl methyl sites for hydroxylation is 1. The number of imidazole rings is 1. The van der Waals surface area contributed by atoms with Crippen molar-refractivity contribution in [3.63, 3.8) is 0 Å². The first-order chi connectivity index (χ1) is 10.2. The van der Waals surface area contributed by atoms with E-state index < -0.39 is 0 Å². The summed E-state index contributed by atoms with van der Waals surface area (Å²) in [7, 11) is 0. The lowest BCUT2D eigenvalue weighted by Gasteiger charge is -2.08. The summed E-state index contributed by atoms with van der Waals surface area (Å²) in [5.74, 6) is 1.34. The lowest BCUT2D eigenvalue weighted by molar-refractivity contribution is 0.730. The Balaban J connectivity index is 2.28. The lowest BCUT2D eigenvalue weighted by Crippen LogP contribution is -2.10. The highest BCUT2D eigenvalue weighted by molar-refractivity contribution is 5.37. The molecule has 106 valence electrons. The first kappa shape index (κ1) is 14.5. The number of aromatic nitrogens is 4. The highest BCUT2D eigenvalue weighted by Crippen LogP contribution is 2.10. The van der Waals surface area contributed by atoms with Crippen LogP contribution in [0.4, 0.5) is 5.82 Å². The summed E-state index contributed by atoms with van der Waals surface area (Å²) in [5, 5.41) is 21.2. The van der Waals surface area contributed by atoms with Gasteiger partial charge in [0.2, 0.25) is 0 Å². The molecule has 0 aliphatic carbocycles. The zero-order valence-corrected chi connectivity index (χ0v) is 12.0. The molecule has 0 bridgehead atoms. The molecule has 0 fully saturated rings. The second-order valence-corrected chi connectivity index (χ2v) is 4.53. The Kier molecular flexibility index (Phi) is 4.47. The zero-order chi connectivity index (χ0) is 15.2. The molecular weight excluding hydrogens is 266 g/mol. The van der Waals surface area contributed by atoms with Crippen molar-refractivity contribution >= 4 is 5.82 Å². The van der Waals surface area contributed by atoms with Gasteiger partial charge in [-0.1, -0.05) is 6.92 Å². The first-order valence-electron chi connectivity index (χ1n) is 6.61. The Morgan fingerprint density at radius 1 is 1.29 bits per heavy atom. The van der Waals surface area contributed by atoms with E-state index >= 15 is 0 Å². The summed E-state index contributed by atoms with van der Waals surface area (Å²) >= 11 is 0. The van der Waals surface area contributed by atoms with Gasteiger partial charge in [-0.3, -0.25) is 0 Å². The third-order valence-electron chi connectivity index (χ3n) is 2.82. The minimum Gasteiger partial charge on any atom is -0.370 e. The van der Waals surface area contributed by atoms with Gasteiger partial charge >= 0.3 is 0 Å². The molecule has 2 rings (SSSR count). The molecule has 7 heteroatoms. The normalized spacial score (nSPS) is 9.90. The molecule has 0 aromatic carbocycles. The number of nitrogens with zero attached hydrogens (tertiary/aromatic N) is 6. The van der Waals surface area contributed by atoms with Crippen LogP contribution >= 0.6 is 0 Å². The molecule has 0 atom stereocenters. The van der Waals surface area contributed by atoms with E-state index in [1.165, 1.54) is 6.33 Å². The largest absolute Gasteiger partial charge is 0.370 e. The van der Waals surface area contributed by atoms with E-state index in [-0.39, 0.29) is 11.4 Å². The van der Waals surface area contributed by atoms with Gasteiger partial charge < -0.3 is 9.88 Å². The van der Waals surface area contributed by atoms with Crippen LogP contribution in [0.2, 0.25) is 0 Å². The maximum atomic E-state index is 9.11. The van der Waals surface area contributed by atoms with Gasteiger partial charge in [0.25, 0.3) is 0 Å². The fraction of sp³-hybridized carbons (Fsp3) is 0.357. The van der Waals surface area contributed by atoms with Gasteiger partial charge in [-0.05, 0) is 13.3 Å². The minimum absolute atomic E-state index is 0.120. The van der Waals surface area contributed by atoms with Gasteiger partial charge in [-0.25, -0.2) is 15.0 Å². The number of rotatable bonds is 5. The van der Waals surface area contributed by atoms with Crippen LogP contribution in [0.5, 0.6) is 0 Å². The van der Waals surface area contributed by atoms with E-state index in [0.717, 1.165) is 24.5 Å². The monoisotopic (exact) mass is 281 g/mol. The number of hydrogen-bond acceptors (Lipinski definition) is 6. The van der Waals surface area contributed by atoms with Crippen molar-refractivity contribution in [3.8, 4) is 12.1 Å². The summed E-state index contributed by atoms with van der Waals surface area (Å²) in [6.45, 7) is 5.11. The molecule has 0 aliphatic rings. The number of anilines is 1. The van der Waals surface area contributed by atoms with Gasteiger partial charge in [-0.15, -0.1) is 0 Å². The molecule has 21 heavy (non-hydrogen) atoms. The van der Waals surface area contributed by atoms with E-state index in [2.05, 4.69) is 27.2 Å². The molecule has 2 aromatic heterocycles. The molecule has 1 N–H and O–H groups in total. The van der Waals surface area contributed by atoms with Crippen LogP contribution < -0.4 is 5.32 Å². The number of hydrogen-bond donors (Lipinski definition) is 1. The SMILES string of the molecule is CCCNc1cc(C)nc(Cn2cnc(C#N)c2C#N)n1. The van der Waals surface area contributed by atoms with Gasteiger partial charge in [0.05, 0.1) is 12.9 Å². The van der Waals surface area contributed by atoms with E-state index in [1.807, 2.05) is 25.1 Å². The Bertz CT molecular complexity index is 718. The Morgan fingerprint density at radius 3 is 2.76 bits per heavy atom. The molecule has 0 aliphatic heterocycles. The smallest absolute Gasteiger partial charge is 0.176 e. The second-order valence-electron chi connectivity index (χ2n) is 4.53. The average Bonchev–Trinajstić information content (AvgIpc) is 2.86. The van der Waals surface area contributed by atoms with E-state index in [4.69, 9.17) is 10.5 Å². The predicted octanol–water partition coefficient (Wildman–Crippen LogP) is 1.60. The van der Waals surface area contributed by atoms with Crippen molar-refractivity contribution in [1.82, 2.24) is 19.5 Å². The summed E-state index contributed by atoms with van der Waals surface area (Å²) < 4.78 is 1.58. The topological polar surface area (TPSA) is 103 Å². The standard InChI is InChI=1S/C14H15N7/c1-3-4-17-13-5-10(2)19-14(20-13)8-21-9-18-11(6-15)12(21)7-16/h5,9H,3-4,8H2,1-2H3,(H,17,19,20). The molecule has 0 amide bonds. The van der Waals surface area contributed by atoms with Crippen molar-refractivity contribution < 1.29 is 0 Å². The van der Waals surface area contributed by atoms with Crippen molar-refractivity contribution in [1.29, 1.82) is 10.5 Å². The molecule has 0 radical (unpaired) electrons. The van der Waals surface area contributed by atoms with Crippen molar-refractivity contribution in [2.24, 2.45) is 0 Å². The summed E-state index contributed by atoms with van der Waals surface area (Å²) in [6.07, 6.45) is 2.46. The van der Waals surface area contributed by atoms with Crippen LogP contribution in [0.3, 0.4) is 0 Å². The number of nitrogens with one attached hydrogen (secondary N) is 1. The van der Waals surface area contributed by atoms with Crippen molar-refractivity contribution in [3.05, 3.63) is 35.3 Å². The molecule has 2 aromatic rings. The second kappa shape index (κ2) is 6.49. The average molecular weight is 281 g/mol. The number of nitriles is 2. The van der Waals surface area contributed by atoms with Gasteiger partial charge in [-0.2, -0.15) is 10.5 Å². The molecule has 0 unspecified atom stereocenters. The van der Waals surface area contributed by atoms with E-state index in [1.54, 1.807) is 4.57 Å². The van der Waals surface area contributed by atoms with Crippen LogP contribution in [0.1, 0.15) is 36.3 Å². The van der Waals surface area contributed by atoms with Gasteiger partial charge in [0.1, 0.15) is 18.0 Å².